The molecule has 0 aliphatic heterocycles. The van der Waals surface area contributed by atoms with Crippen molar-refractivity contribution in [2.24, 2.45) is 0 Å². The minimum Gasteiger partial charge on any atom is -0.495 e. The summed E-state index contributed by atoms with van der Waals surface area (Å²) in [7, 11) is 1.56. The molecular weight excluding hydrogens is 278 g/mol. The molecule has 0 saturated heterocycles. The second-order valence-corrected chi connectivity index (χ2v) is 5.66. The molecule has 0 bridgehead atoms. The Morgan fingerprint density at radius 2 is 1.95 bits per heavy atom. The van der Waals surface area contributed by atoms with Gasteiger partial charge in [0.25, 0.3) is 5.91 Å². The zero-order chi connectivity index (χ0) is 16.4. The van der Waals surface area contributed by atoms with Crippen LogP contribution in [0.4, 0.5) is 11.4 Å². The number of benzene rings is 1. The van der Waals surface area contributed by atoms with E-state index < -0.39 is 0 Å². The van der Waals surface area contributed by atoms with Gasteiger partial charge >= 0.3 is 0 Å². The summed E-state index contributed by atoms with van der Waals surface area (Å²) in [6.07, 6.45) is 0. The number of rotatable bonds is 4. The smallest absolute Gasteiger partial charge is 0.257 e. The van der Waals surface area contributed by atoms with Gasteiger partial charge in [0.1, 0.15) is 5.75 Å². The summed E-state index contributed by atoms with van der Waals surface area (Å²) in [5, 5.41) is 2.88. The van der Waals surface area contributed by atoms with Gasteiger partial charge in [-0.15, -0.1) is 0 Å². The monoisotopic (exact) mass is 301 g/mol. The number of methoxy groups -OCH3 is 1. The van der Waals surface area contributed by atoms with Crippen molar-refractivity contribution < 1.29 is 9.53 Å². The van der Waals surface area contributed by atoms with Crippen LogP contribution in [0.5, 0.6) is 5.75 Å². The van der Waals surface area contributed by atoms with Gasteiger partial charge in [0.2, 0.25) is 0 Å². The molecule has 2 aromatic rings. The molecule has 0 aliphatic rings. The Morgan fingerprint density at radius 1 is 1.27 bits per heavy atom. The summed E-state index contributed by atoms with van der Waals surface area (Å²) in [5.74, 6) is 0.459. The molecule has 0 fully saturated rings. The minimum atomic E-state index is -0.135. The first-order chi connectivity index (χ1) is 10.3. The van der Waals surface area contributed by atoms with E-state index in [1.54, 1.807) is 25.3 Å². The van der Waals surface area contributed by atoms with Crippen molar-refractivity contribution in [1.82, 2.24) is 4.57 Å². The Hall–Kier alpha value is -2.43. The molecule has 5 heteroatoms. The molecule has 1 amide bonds. The highest BCUT2D eigenvalue weighted by atomic mass is 16.5. The van der Waals surface area contributed by atoms with Crippen LogP contribution >= 0.6 is 0 Å². The van der Waals surface area contributed by atoms with Gasteiger partial charge < -0.3 is 20.4 Å². The molecule has 1 aromatic heterocycles. The van der Waals surface area contributed by atoms with Gasteiger partial charge in [0.15, 0.2) is 0 Å². The fourth-order valence-electron chi connectivity index (χ4n) is 2.81. The number of aromatic nitrogens is 1. The van der Waals surface area contributed by atoms with Crippen molar-refractivity contribution in [1.29, 1.82) is 0 Å². The zero-order valence-electron chi connectivity index (χ0n) is 13.7. The van der Waals surface area contributed by atoms with E-state index in [1.807, 2.05) is 19.9 Å². The standard InChI is InChI=1S/C17H23N3O2/c1-10(2)20-11(3)8-14(12(20)4)17(21)19-13-6-7-16(22-5)15(18)9-13/h6-10H,18H2,1-5H3,(H,19,21). The summed E-state index contributed by atoms with van der Waals surface area (Å²) in [6.45, 7) is 8.18. The normalized spacial score (nSPS) is 10.8. The Labute approximate surface area is 131 Å². The molecule has 0 saturated carbocycles. The summed E-state index contributed by atoms with van der Waals surface area (Å²) < 4.78 is 7.26. The molecule has 0 radical (unpaired) electrons. The lowest BCUT2D eigenvalue weighted by molar-refractivity contribution is 0.102. The second kappa shape index (κ2) is 6.13. The average Bonchev–Trinajstić information content (AvgIpc) is 2.74. The van der Waals surface area contributed by atoms with E-state index in [0.717, 1.165) is 11.4 Å². The molecule has 22 heavy (non-hydrogen) atoms. The molecule has 0 aliphatic carbocycles. The summed E-state index contributed by atoms with van der Waals surface area (Å²) >= 11 is 0. The molecule has 0 atom stereocenters. The van der Waals surface area contributed by atoms with Crippen molar-refractivity contribution in [3.05, 3.63) is 41.2 Å². The van der Waals surface area contributed by atoms with Crippen LogP contribution in [0.15, 0.2) is 24.3 Å². The van der Waals surface area contributed by atoms with E-state index in [2.05, 4.69) is 23.7 Å². The van der Waals surface area contributed by atoms with Gasteiger partial charge in [-0.05, 0) is 52.0 Å². The molecule has 3 N–H and O–H groups in total. The molecule has 1 aromatic carbocycles. The number of carbonyl (C=O) groups excluding carboxylic acids is 1. The molecule has 0 unspecified atom stereocenters. The van der Waals surface area contributed by atoms with Crippen LogP contribution in [0.1, 0.15) is 41.6 Å². The number of nitrogens with one attached hydrogen (secondary N) is 1. The first-order valence-electron chi connectivity index (χ1n) is 7.28. The summed E-state index contributed by atoms with van der Waals surface area (Å²) in [5.41, 5.74) is 9.73. The van der Waals surface area contributed by atoms with E-state index in [0.29, 0.717) is 28.7 Å². The summed E-state index contributed by atoms with van der Waals surface area (Å²) in [4.78, 5) is 12.5. The first-order valence-corrected chi connectivity index (χ1v) is 7.28. The molecule has 118 valence electrons. The van der Waals surface area contributed by atoms with E-state index in [-0.39, 0.29) is 5.91 Å². The van der Waals surface area contributed by atoms with Gasteiger partial charge in [-0.3, -0.25) is 4.79 Å². The second-order valence-electron chi connectivity index (χ2n) is 5.66. The Balaban J connectivity index is 2.26. The highest BCUT2D eigenvalue weighted by Crippen LogP contribution is 2.26. The number of hydrogen-bond acceptors (Lipinski definition) is 3. The number of aryl methyl sites for hydroxylation is 1. The van der Waals surface area contributed by atoms with Crippen LogP contribution in [0.25, 0.3) is 0 Å². The first kappa shape index (κ1) is 15.9. The van der Waals surface area contributed by atoms with Crippen LogP contribution in [0.2, 0.25) is 0 Å². The van der Waals surface area contributed by atoms with Crippen LogP contribution in [0.3, 0.4) is 0 Å². The predicted molar refractivity (Wildman–Crippen MR) is 89.7 cm³/mol. The van der Waals surface area contributed by atoms with E-state index in [9.17, 15) is 4.79 Å². The van der Waals surface area contributed by atoms with Crippen molar-refractivity contribution >= 4 is 17.3 Å². The minimum absolute atomic E-state index is 0.135. The van der Waals surface area contributed by atoms with Gasteiger partial charge in [0.05, 0.1) is 18.4 Å². The van der Waals surface area contributed by atoms with E-state index >= 15 is 0 Å². The lowest BCUT2D eigenvalue weighted by Crippen LogP contribution is -2.14. The fraction of sp³-hybridized carbons (Fsp3) is 0.353. The van der Waals surface area contributed by atoms with Crippen molar-refractivity contribution in [2.75, 3.05) is 18.2 Å². The topological polar surface area (TPSA) is 69.3 Å². The number of nitrogens with zero attached hydrogens (tertiary/aromatic N) is 1. The predicted octanol–water partition coefficient (Wildman–Crippen LogP) is 3.53. The third kappa shape index (κ3) is 2.93. The maximum Gasteiger partial charge on any atom is 0.257 e. The third-order valence-corrected chi connectivity index (χ3v) is 3.73. The zero-order valence-corrected chi connectivity index (χ0v) is 13.7. The number of hydrogen-bond donors (Lipinski definition) is 2. The maximum absolute atomic E-state index is 12.5. The summed E-state index contributed by atoms with van der Waals surface area (Å²) in [6, 6.07) is 7.44. The van der Waals surface area contributed by atoms with Gasteiger partial charge in [0, 0.05) is 23.1 Å². The van der Waals surface area contributed by atoms with Crippen LogP contribution < -0.4 is 15.8 Å². The van der Waals surface area contributed by atoms with Crippen molar-refractivity contribution in [3.8, 4) is 5.75 Å². The Morgan fingerprint density at radius 3 is 2.45 bits per heavy atom. The number of anilines is 2. The number of nitrogen functional groups attached to an aromatic ring is 1. The van der Waals surface area contributed by atoms with Crippen LogP contribution in [0, 0.1) is 13.8 Å². The molecule has 5 nitrogen and oxygen atoms in total. The molecule has 0 spiro atoms. The average molecular weight is 301 g/mol. The van der Waals surface area contributed by atoms with Gasteiger partial charge in [-0.1, -0.05) is 0 Å². The van der Waals surface area contributed by atoms with E-state index in [4.69, 9.17) is 10.5 Å². The highest BCUT2D eigenvalue weighted by Gasteiger charge is 2.17. The molecule has 2 rings (SSSR count). The Kier molecular flexibility index (Phi) is 4.45. The van der Waals surface area contributed by atoms with Crippen molar-refractivity contribution in [2.45, 2.75) is 33.7 Å². The van der Waals surface area contributed by atoms with E-state index in [1.165, 1.54) is 0 Å². The quantitative estimate of drug-likeness (QED) is 0.849. The largest absolute Gasteiger partial charge is 0.495 e. The third-order valence-electron chi connectivity index (χ3n) is 3.73. The number of amides is 1. The van der Waals surface area contributed by atoms with Crippen molar-refractivity contribution in [3.63, 3.8) is 0 Å². The lowest BCUT2D eigenvalue weighted by atomic mass is 10.2. The van der Waals surface area contributed by atoms with Crippen LogP contribution in [-0.2, 0) is 0 Å². The molecular formula is C17H23N3O2. The highest BCUT2D eigenvalue weighted by molar-refractivity contribution is 6.05. The number of carbonyl (C=O) groups is 1. The lowest BCUT2D eigenvalue weighted by Gasteiger charge is -2.14. The SMILES string of the molecule is COc1ccc(NC(=O)c2cc(C)n(C(C)C)c2C)cc1N. The Bertz CT molecular complexity index is 702. The number of nitrogens with two attached hydrogens (primary N) is 1. The molecule has 1 heterocycles. The van der Waals surface area contributed by atoms with Crippen LogP contribution in [-0.4, -0.2) is 17.6 Å². The maximum atomic E-state index is 12.5. The van der Waals surface area contributed by atoms with Gasteiger partial charge in [-0.2, -0.15) is 0 Å². The number of ether oxygens (including phenoxy) is 1. The fourth-order valence-corrected chi connectivity index (χ4v) is 2.81. The van der Waals surface area contributed by atoms with Gasteiger partial charge in [-0.25, -0.2) is 0 Å².